The number of thiophene rings is 1. The molecule has 0 amide bonds. The minimum atomic E-state index is -3.67. The Hall–Kier alpha value is -1.65. The summed E-state index contributed by atoms with van der Waals surface area (Å²) in [6.45, 7) is 4.29. The van der Waals surface area contributed by atoms with E-state index >= 15 is 0 Å². The summed E-state index contributed by atoms with van der Waals surface area (Å²) in [7, 11) is -3.67. The number of fused-ring (bicyclic) bond motifs is 1. The molecule has 0 aliphatic carbocycles. The van der Waals surface area contributed by atoms with E-state index in [1.165, 1.54) is 6.07 Å². The van der Waals surface area contributed by atoms with Crippen molar-refractivity contribution in [3.63, 3.8) is 0 Å². The highest BCUT2D eigenvalue weighted by Gasteiger charge is 2.26. The van der Waals surface area contributed by atoms with E-state index in [0.717, 1.165) is 24.4 Å². The fourth-order valence-electron chi connectivity index (χ4n) is 3.36. The second-order valence-electron chi connectivity index (χ2n) is 6.69. The number of ether oxygens (including phenoxy) is 3. The van der Waals surface area contributed by atoms with Crippen LogP contribution in [-0.2, 0) is 14.8 Å². The molecule has 2 aromatic rings. The minimum Gasteiger partial charge on any atom is -0.490 e. The maximum absolute atomic E-state index is 12.9. The van der Waals surface area contributed by atoms with E-state index in [2.05, 4.69) is 9.62 Å². The van der Waals surface area contributed by atoms with E-state index in [1.807, 2.05) is 17.5 Å². The first kappa shape index (κ1) is 19.7. The zero-order valence-corrected chi connectivity index (χ0v) is 17.1. The van der Waals surface area contributed by atoms with E-state index in [4.69, 9.17) is 14.2 Å². The van der Waals surface area contributed by atoms with Crippen LogP contribution in [0.4, 0.5) is 0 Å². The third-order valence-electron chi connectivity index (χ3n) is 4.85. The van der Waals surface area contributed by atoms with E-state index in [9.17, 15) is 8.42 Å². The van der Waals surface area contributed by atoms with Gasteiger partial charge >= 0.3 is 0 Å². The second-order valence-corrected chi connectivity index (χ2v) is 9.44. The Bertz CT molecular complexity index is 880. The minimum absolute atomic E-state index is 0.0147. The van der Waals surface area contributed by atoms with Gasteiger partial charge in [-0.2, -0.15) is 0 Å². The van der Waals surface area contributed by atoms with Gasteiger partial charge in [0.25, 0.3) is 0 Å². The van der Waals surface area contributed by atoms with Crippen molar-refractivity contribution in [3.05, 3.63) is 40.6 Å². The van der Waals surface area contributed by atoms with E-state index in [1.54, 1.807) is 23.5 Å². The summed E-state index contributed by atoms with van der Waals surface area (Å²) in [6.07, 6.45) is 0.775. The van der Waals surface area contributed by atoms with E-state index in [0.29, 0.717) is 44.5 Å². The molecule has 9 heteroatoms. The molecule has 2 aliphatic heterocycles. The fraction of sp³-hybridized carbons (Fsp3) is 0.474. The summed E-state index contributed by atoms with van der Waals surface area (Å²) in [5.74, 6) is 1.06. The van der Waals surface area contributed by atoms with Gasteiger partial charge in [0.2, 0.25) is 10.0 Å². The number of hydrogen-bond acceptors (Lipinski definition) is 7. The van der Waals surface area contributed by atoms with Crippen LogP contribution in [0.1, 0.15) is 17.3 Å². The van der Waals surface area contributed by atoms with Gasteiger partial charge in [0, 0.05) is 37.0 Å². The Balaban J connectivity index is 1.51. The Kier molecular flexibility index (Phi) is 6.17. The quantitative estimate of drug-likeness (QED) is 0.767. The lowest BCUT2D eigenvalue weighted by atomic mass is 10.2. The van der Waals surface area contributed by atoms with Crippen molar-refractivity contribution in [1.29, 1.82) is 0 Å². The van der Waals surface area contributed by atoms with Crippen molar-refractivity contribution in [3.8, 4) is 11.5 Å². The predicted molar refractivity (Wildman–Crippen MR) is 107 cm³/mol. The third-order valence-corrected chi connectivity index (χ3v) is 7.25. The van der Waals surface area contributed by atoms with Crippen molar-refractivity contribution in [1.82, 2.24) is 9.62 Å². The number of nitrogens with zero attached hydrogens (tertiary/aromatic N) is 1. The van der Waals surface area contributed by atoms with Crippen LogP contribution in [0.5, 0.6) is 11.5 Å². The van der Waals surface area contributed by atoms with Gasteiger partial charge in [-0.25, -0.2) is 13.1 Å². The molecule has 4 rings (SSSR count). The fourth-order valence-corrected chi connectivity index (χ4v) is 5.28. The number of hydrogen-bond donors (Lipinski definition) is 1. The highest BCUT2D eigenvalue weighted by atomic mass is 32.2. The Morgan fingerprint density at radius 3 is 2.61 bits per heavy atom. The average molecular weight is 425 g/mol. The molecule has 1 unspecified atom stereocenters. The lowest BCUT2D eigenvalue weighted by molar-refractivity contribution is 0.0179. The topological polar surface area (TPSA) is 77.1 Å². The Morgan fingerprint density at radius 2 is 1.86 bits per heavy atom. The highest BCUT2D eigenvalue weighted by molar-refractivity contribution is 7.89. The number of sulfonamides is 1. The molecule has 0 bridgehead atoms. The summed E-state index contributed by atoms with van der Waals surface area (Å²) < 4.78 is 45.3. The van der Waals surface area contributed by atoms with Gasteiger partial charge < -0.3 is 14.2 Å². The lowest BCUT2D eigenvalue weighted by Crippen LogP contribution is -2.43. The molecule has 1 fully saturated rings. The lowest BCUT2D eigenvalue weighted by Gasteiger charge is -2.34. The van der Waals surface area contributed by atoms with Gasteiger partial charge in [0.05, 0.1) is 37.4 Å². The normalized spacial score (nSPS) is 19.1. The zero-order valence-electron chi connectivity index (χ0n) is 15.5. The molecule has 1 N–H and O–H groups in total. The molecule has 2 aliphatic rings. The third kappa shape index (κ3) is 4.49. The van der Waals surface area contributed by atoms with E-state index in [-0.39, 0.29) is 10.9 Å². The van der Waals surface area contributed by atoms with E-state index < -0.39 is 10.0 Å². The molecule has 0 saturated carbocycles. The van der Waals surface area contributed by atoms with Gasteiger partial charge in [-0.15, -0.1) is 11.3 Å². The molecule has 1 aromatic heterocycles. The van der Waals surface area contributed by atoms with Crippen molar-refractivity contribution in [2.75, 3.05) is 46.1 Å². The number of nitrogens with one attached hydrogen (secondary N) is 1. The smallest absolute Gasteiger partial charge is 0.240 e. The molecule has 28 heavy (non-hydrogen) atoms. The molecule has 3 heterocycles. The second kappa shape index (κ2) is 8.79. The highest BCUT2D eigenvalue weighted by Crippen LogP contribution is 2.32. The summed E-state index contributed by atoms with van der Waals surface area (Å²) >= 11 is 1.64. The van der Waals surface area contributed by atoms with Crippen LogP contribution < -0.4 is 14.2 Å². The first-order valence-corrected chi connectivity index (χ1v) is 11.7. The summed E-state index contributed by atoms with van der Waals surface area (Å²) in [5, 5.41) is 2.01. The molecular formula is C19H24N2O5S2. The van der Waals surface area contributed by atoms with Crippen LogP contribution in [0.2, 0.25) is 0 Å². The van der Waals surface area contributed by atoms with Crippen LogP contribution >= 0.6 is 11.3 Å². The number of morpholine rings is 1. The van der Waals surface area contributed by atoms with Gasteiger partial charge in [-0.1, -0.05) is 6.07 Å². The molecule has 152 valence electrons. The molecule has 0 radical (unpaired) electrons. The van der Waals surface area contributed by atoms with Crippen molar-refractivity contribution in [2.24, 2.45) is 0 Å². The van der Waals surface area contributed by atoms with Crippen molar-refractivity contribution < 1.29 is 22.6 Å². The van der Waals surface area contributed by atoms with Crippen LogP contribution in [0.3, 0.4) is 0 Å². The molecule has 0 spiro atoms. The summed E-state index contributed by atoms with van der Waals surface area (Å²) in [5.41, 5.74) is 0. The first-order valence-electron chi connectivity index (χ1n) is 9.38. The first-order chi connectivity index (χ1) is 13.6. The van der Waals surface area contributed by atoms with Gasteiger partial charge in [0.1, 0.15) is 0 Å². The SMILES string of the molecule is O=S(=O)(NCC(c1cccs1)N1CCOCC1)c1ccc2c(c1)OCCCO2. The van der Waals surface area contributed by atoms with Crippen LogP contribution in [0.25, 0.3) is 0 Å². The summed E-state index contributed by atoms with van der Waals surface area (Å²) in [6, 6.07) is 8.79. The van der Waals surface area contributed by atoms with Gasteiger partial charge in [0.15, 0.2) is 11.5 Å². The van der Waals surface area contributed by atoms with Crippen molar-refractivity contribution in [2.45, 2.75) is 17.4 Å². The van der Waals surface area contributed by atoms with Gasteiger partial charge in [-0.3, -0.25) is 4.90 Å². The van der Waals surface area contributed by atoms with Crippen LogP contribution in [-0.4, -0.2) is 59.4 Å². The Morgan fingerprint density at radius 1 is 1.07 bits per heavy atom. The van der Waals surface area contributed by atoms with Crippen LogP contribution in [0, 0.1) is 0 Å². The number of benzene rings is 1. The van der Waals surface area contributed by atoms with Gasteiger partial charge in [-0.05, 0) is 23.6 Å². The Labute approximate surface area is 169 Å². The average Bonchev–Trinajstić information content (AvgIpc) is 3.13. The molecule has 1 saturated heterocycles. The molecule has 7 nitrogen and oxygen atoms in total. The van der Waals surface area contributed by atoms with Crippen LogP contribution in [0.15, 0.2) is 40.6 Å². The van der Waals surface area contributed by atoms with Crippen molar-refractivity contribution >= 4 is 21.4 Å². The molecule has 1 atom stereocenters. The number of rotatable bonds is 6. The zero-order chi connectivity index (χ0) is 19.4. The standard InChI is InChI=1S/C19H24N2O5S2/c22-28(23,15-4-5-17-18(13-15)26-9-2-8-25-17)20-14-16(19-3-1-12-27-19)21-6-10-24-11-7-21/h1,3-5,12-13,16,20H,2,6-11,14H2. The predicted octanol–water partition coefficient (Wildman–Crippen LogP) is 2.26. The maximum atomic E-state index is 12.9. The molecule has 1 aromatic carbocycles. The monoisotopic (exact) mass is 424 g/mol. The summed E-state index contributed by atoms with van der Waals surface area (Å²) in [4.78, 5) is 3.60. The molecular weight excluding hydrogens is 400 g/mol. The maximum Gasteiger partial charge on any atom is 0.240 e. The largest absolute Gasteiger partial charge is 0.490 e.